The molecule has 3 aromatic rings. The van der Waals surface area contributed by atoms with Gasteiger partial charge in [-0.1, -0.05) is 13.3 Å². The number of aliphatic hydroxyl groups excluding tert-OH is 1. The van der Waals surface area contributed by atoms with E-state index >= 15 is 4.39 Å². The van der Waals surface area contributed by atoms with E-state index in [4.69, 9.17) is 23.9 Å². The van der Waals surface area contributed by atoms with E-state index in [0.29, 0.717) is 71.1 Å². The van der Waals surface area contributed by atoms with Crippen LogP contribution in [0.1, 0.15) is 84.9 Å². The van der Waals surface area contributed by atoms with E-state index in [1.165, 1.54) is 22.8 Å². The van der Waals surface area contributed by atoms with Crippen molar-refractivity contribution in [1.29, 1.82) is 0 Å². The summed E-state index contributed by atoms with van der Waals surface area (Å²) >= 11 is 0. The molecule has 0 bridgehead atoms. The molecule has 1 aromatic carbocycles. The lowest BCUT2D eigenvalue weighted by Gasteiger charge is -2.37. The molecule has 3 aliphatic heterocycles. The van der Waals surface area contributed by atoms with Crippen LogP contribution in [-0.4, -0.2) is 150 Å². The molecule has 9 N–H and O–H groups in total. The number of rotatable bonds is 26. The Morgan fingerprint density at radius 1 is 0.763 bits per heavy atom. The Hall–Kier alpha value is -7.56. The van der Waals surface area contributed by atoms with Gasteiger partial charge in [-0.3, -0.25) is 52.8 Å². The van der Waals surface area contributed by atoms with E-state index in [1.807, 2.05) is 0 Å². The van der Waals surface area contributed by atoms with Gasteiger partial charge in [-0.15, -0.1) is 0 Å². The Kier molecular flexibility index (Phi) is 18.7. The average molecular weight is 1060 g/mol. The number of halogens is 1. The third-order valence-corrected chi connectivity index (χ3v) is 13.2. The molecule has 408 valence electrons. The van der Waals surface area contributed by atoms with Gasteiger partial charge in [0.25, 0.3) is 17.4 Å². The van der Waals surface area contributed by atoms with Crippen LogP contribution in [0.3, 0.4) is 0 Å². The molecule has 0 saturated heterocycles. The third-order valence-electron chi connectivity index (χ3n) is 13.2. The summed E-state index contributed by atoms with van der Waals surface area (Å²) < 4.78 is 37.7. The fourth-order valence-electron chi connectivity index (χ4n) is 9.17. The van der Waals surface area contributed by atoms with Gasteiger partial charge in [0.2, 0.25) is 41.4 Å². The van der Waals surface area contributed by atoms with E-state index in [9.17, 15) is 58.2 Å². The first-order valence-electron chi connectivity index (χ1n) is 24.5. The molecule has 1 aliphatic carbocycles. The fourth-order valence-corrected chi connectivity index (χ4v) is 9.17. The molecule has 0 radical (unpaired) electrons. The Bertz CT molecular complexity index is 2890. The van der Waals surface area contributed by atoms with Crippen LogP contribution in [0.15, 0.2) is 29.1 Å². The van der Waals surface area contributed by atoms with Crippen LogP contribution < -0.4 is 42.8 Å². The minimum atomic E-state index is -1.85. The number of pyridine rings is 2. The van der Waals surface area contributed by atoms with Gasteiger partial charge < -0.3 is 70.9 Å². The van der Waals surface area contributed by atoms with E-state index in [0.717, 1.165) is 10.5 Å². The highest BCUT2D eigenvalue weighted by atomic mass is 19.1. The smallest absolute Gasteiger partial charge is 0.257 e. The first-order valence-corrected chi connectivity index (χ1v) is 24.5. The molecule has 0 spiro atoms. The first kappa shape index (κ1) is 56.2. The highest BCUT2D eigenvalue weighted by molar-refractivity contribution is 6.12. The molecule has 27 heteroatoms. The van der Waals surface area contributed by atoms with Crippen LogP contribution in [0.5, 0.6) is 0 Å². The summed E-state index contributed by atoms with van der Waals surface area (Å²) in [6.07, 6.45) is 3.46. The summed E-state index contributed by atoms with van der Waals surface area (Å²) in [5.41, 5.74) is 1.70. The van der Waals surface area contributed by atoms with Crippen molar-refractivity contribution in [3.05, 3.63) is 73.8 Å². The lowest BCUT2D eigenvalue weighted by Crippen LogP contribution is -2.47. The zero-order valence-electron chi connectivity index (χ0n) is 41.7. The maximum Gasteiger partial charge on any atom is 0.257 e. The number of aliphatic hydroxyl groups is 2. The number of carbonyl (C=O) groups excluding carboxylic acids is 9. The molecule has 26 nitrogen and oxygen atoms in total. The number of carbonyl (C=O) groups is 9. The number of unbranched alkanes of at least 4 members (excludes halogenated alkanes) is 2. The Labute approximate surface area is 432 Å². The third kappa shape index (κ3) is 13.3. The number of imide groups is 1. The van der Waals surface area contributed by atoms with Gasteiger partial charge in [0.15, 0.2) is 6.29 Å². The van der Waals surface area contributed by atoms with Gasteiger partial charge >= 0.3 is 0 Å². The number of aryl methyl sites for hydroxylation is 1. The van der Waals surface area contributed by atoms with Crippen molar-refractivity contribution in [2.24, 2.45) is 0 Å². The Morgan fingerprint density at radius 2 is 1.34 bits per heavy atom. The fraction of sp³-hybridized carbons (Fsp3) is 0.490. The highest BCUT2D eigenvalue weighted by Gasteiger charge is 2.45. The van der Waals surface area contributed by atoms with Crippen molar-refractivity contribution in [3.8, 4) is 11.4 Å². The van der Waals surface area contributed by atoms with Gasteiger partial charge in [0.05, 0.1) is 55.7 Å². The van der Waals surface area contributed by atoms with E-state index < -0.39 is 111 Å². The van der Waals surface area contributed by atoms with Gasteiger partial charge in [-0.05, 0) is 61.8 Å². The predicted octanol–water partition coefficient (Wildman–Crippen LogP) is -2.47. The zero-order valence-corrected chi connectivity index (χ0v) is 41.7. The summed E-state index contributed by atoms with van der Waals surface area (Å²) in [4.78, 5) is 129. The highest BCUT2D eigenvalue weighted by Crippen LogP contribution is 2.46. The Morgan fingerprint density at radius 3 is 1.93 bits per heavy atom. The Balaban J connectivity index is 0.740. The maximum atomic E-state index is 15.3. The zero-order chi connectivity index (χ0) is 54.7. The molecule has 9 amide bonds. The second kappa shape index (κ2) is 25.3. The molecule has 0 fully saturated rings. The number of benzene rings is 1. The van der Waals surface area contributed by atoms with Gasteiger partial charge in [-0.2, -0.15) is 0 Å². The number of aromatic nitrogens is 2. The predicted molar refractivity (Wildman–Crippen MR) is 260 cm³/mol. The second-order valence-electron chi connectivity index (χ2n) is 18.2. The van der Waals surface area contributed by atoms with Gasteiger partial charge in [0, 0.05) is 53.3 Å². The monoisotopic (exact) mass is 1060 g/mol. The van der Waals surface area contributed by atoms with Crippen LogP contribution in [0.2, 0.25) is 0 Å². The summed E-state index contributed by atoms with van der Waals surface area (Å²) in [5.74, 6) is -5.36. The van der Waals surface area contributed by atoms with E-state index in [-0.39, 0.29) is 74.7 Å². The van der Waals surface area contributed by atoms with Crippen LogP contribution >= 0.6 is 0 Å². The summed E-state index contributed by atoms with van der Waals surface area (Å²) in [7, 11) is 0. The molecule has 2 unspecified atom stereocenters. The lowest BCUT2D eigenvalue weighted by atomic mass is 9.81. The van der Waals surface area contributed by atoms with Crippen molar-refractivity contribution in [3.63, 3.8) is 0 Å². The lowest BCUT2D eigenvalue weighted by molar-refractivity contribution is -0.236. The van der Waals surface area contributed by atoms with Crippen molar-refractivity contribution in [2.75, 3.05) is 66.2 Å². The number of fused-ring (bicyclic) bond motifs is 5. The van der Waals surface area contributed by atoms with Crippen LogP contribution in [0, 0.1) is 12.7 Å². The largest absolute Gasteiger partial charge is 0.380 e. The average Bonchev–Trinajstić information content (AvgIpc) is 4.03. The number of ether oxygens (including phenoxy) is 4. The SMILES string of the molecule is CC[C@]1(O)c2cc3n(c(=O)c2COC1O)Cc1c-3nc2cc(F)c(C)c3c2c1C(NC(=O)COCNC(=O)CNC(=O)COCNC(=O)CNC(=O)COCNC(=O)CNC(=O)CCCCCN1C(=O)C=CC1=O)CC3. The second-order valence-corrected chi connectivity index (χ2v) is 18.2. The number of amides is 9. The maximum absolute atomic E-state index is 15.3. The van der Waals surface area contributed by atoms with Crippen molar-refractivity contribution in [2.45, 2.75) is 89.9 Å². The molecular weight excluding hydrogens is 1000 g/mol. The molecule has 76 heavy (non-hydrogen) atoms. The topological polar surface area (TPSA) is 353 Å². The summed E-state index contributed by atoms with van der Waals surface area (Å²) in [6, 6.07) is 2.33. The first-order chi connectivity index (χ1) is 36.4. The van der Waals surface area contributed by atoms with E-state index in [2.05, 4.69) is 37.2 Å². The minimum Gasteiger partial charge on any atom is -0.380 e. The van der Waals surface area contributed by atoms with Gasteiger partial charge in [-0.25, -0.2) is 9.37 Å². The number of hydrogen-bond acceptors (Lipinski definition) is 17. The molecule has 4 aliphatic rings. The quantitative estimate of drug-likeness (QED) is 0.0179. The minimum absolute atomic E-state index is 0.0497. The van der Waals surface area contributed by atoms with Crippen LogP contribution in [0.4, 0.5) is 4.39 Å². The van der Waals surface area contributed by atoms with Crippen molar-refractivity contribution >= 4 is 64.1 Å². The standard InChI is InChI=1S/C49H59FN10O16/c1-3-49(72)30-13-34-46-28(18-60(34)47(70)29(30)19-76-48(49)71)45-32(9-8-27-26(2)31(50)14-33(58-46)44(27)45)57-41(67)22-75-25-56-38(64)17-53-40(66)21-74-24-55-37(63)16-52-39(65)20-73-23-54-36(62)15-51-35(61)7-5-4-6-12-59-42(68)10-11-43(59)69/h10-11,13-14,32,48,71-72H,3-9,12,15-25H2,1-2H3,(H,51,61)(H,52,65)(H,53,66)(H,54,62)(H,55,63)(H,56,64)(H,57,67)/t32?,48?,49-/m0/s1. The molecule has 2 aromatic heterocycles. The number of hydrogen-bond donors (Lipinski definition) is 9. The normalized spacial score (nSPS) is 17.9. The number of nitrogens with one attached hydrogen (secondary N) is 7. The molecule has 5 heterocycles. The molecule has 0 saturated carbocycles. The summed E-state index contributed by atoms with van der Waals surface area (Å²) in [6.45, 7) is -0.481. The van der Waals surface area contributed by atoms with Gasteiger partial charge in [0.1, 0.15) is 51.4 Å². The van der Waals surface area contributed by atoms with Crippen molar-refractivity contribution in [1.82, 2.24) is 51.7 Å². The van der Waals surface area contributed by atoms with E-state index in [1.54, 1.807) is 19.9 Å². The molecular formula is C49H59FN10O16. The van der Waals surface area contributed by atoms with Crippen LogP contribution in [-0.2, 0) is 87.3 Å². The summed E-state index contributed by atoms with van der Waals surface area (Å²) in [5, 5.41) is 39.8. The molecule has 3 atom stereocenters. The molecule has 7 rings (SSSR count). The van der Waals surface area contributed by atoms with Crippen LogP contribution in [0.25, 0.3) is 22.3 Å². The van der Waals surface area contributed by atoms with Crippen molar-refractivity contribution < 1.29 is 76.7 Å². The number of nitrogens with zero attached hydrogens (tertiary/aromatic N) is 3.